The first-order chi connectivity index (χ1) is 11.2. The van der Waals surface area contributed by atoms with Gasteiger partial charge < -0.3 is 0 Å². The SMILES string of the molecule is N#CC(C#N)C(CC(=O)c1ccccc1)C(=O)c1ccccc1. The van der Waals surface area contributed by atoms with Crippen LogP contribution in [0.1, 0.15) is 27.1 Å². The Morgan fingerprint density at radius 1 is 0.826 bits per heavy atom. The van der Waals surface area contributed by atoms with Gasteiger partial charge in [0.1, 0.15) is 5.92 Å². The Hall–Kier alpha value is -3.24. The number of nitrogens with zero attached hydrogens (tertiary/aromatic N) is 2. The van der Waals surface area contributed by atoms with Gasteiger partial charge in [0.05, 0.1) is 18.1 Å². The number of hydrogen-bond acceptors (Lipinski definition) is 4. The van der Waals surface area contributed by atoms with Crippen LogP contribution < -0.4 is 0 Å². The standard InChI is InChI=1S/C19H14N2O2/c20-12-16(13-21)17(19(23)15-9-5-2-6-10-15)11-18(22)14-7-3-1-4-8-14/h1-10,16-17H,11H2. The van der Waals surface area contributed by atoms with Crippen LogP contribution >= 0.6 is 0 Å². The number of rotatable bonds is 6. The van der Waals surface area contributed by atoms with Crippen LogP contribution in [-0.2, 0) is 0 Å². The summed E-state index contributed by atoms with van der Waals surface area (Å²) in [5, 5.41) is 18.3. The maximum absolute atomic E-state index is 12.6. The third-order valence-electron chi connectivity index (χ3n) is 3.58. The van der Waals surface area contributed by atoms with Gasteiger partial charge in [0.15, 0.2) is 11.6 Å². The molecule has 0 spiro atoms. The van der Waals surface area contributed by atoms with Gasteiger partial charge in [-0.05, 0) is 0 Å². The maximum Gasteiger partial charge on any atom is 0.168 e. The van der Waals surface area contributed by atoms with E-state index >= 15 is 0 Å². The van der Waals surface area contributed by atoms with Gasteiger partial charge in [0.2, 0.25) is 0 Å². The lowest BCUT2D eigenvalue weighted by Gasteiger charge is -2.15. The van der Waals surface area contributed by atoms with E-state index in [0.717, 1.165) is 0 Å². The highest BCUT2D eigenvalue weighted by atomic mass is 16.1. The Kier molecular flexibility index (Phi) is 5.39. The van der Waals surface area contributed by atoms with E-state index in [9.17, 15) is 9.59 Å². The summed E-state index contributed by atoms with van der Waals surface area (Å²) in [5.74, 6) is -2.74. The van der Waals surface area contributed by atoms with Crippen molar-refractivity contribution in [2.24, 2.45) is 11.8 Å². The highest BCUT2D eigenvalue weighted by molar-refractivity contribution is 6.04. The summed E-state index contributed by atoms with van der Waals surface area (Å²) in [7, 11) is 0. The second-order valence-corrected chi connectivity index (χ2v) is 5.07. The van der Waals surface area contributed by atoms with Crippen LogP contribution in [0.5, 0.6) is 0 Å². The fraction of sp³-hybridized carbons (Fsp3) is 0.158. The van der Waals surface area contributed by atoms with E-state index in [0.29, 0.717) is 11.1 Å². The Labute approximate surface area is 134 Å². The van der Waals surface area contributed by atoms with E-state index in [1.165, 1.54) is 0 Å². The van der Waals surface area contributed by atoms with E-state index in [2.05, 4.69) is 0 Å². The van der Waals surface area contributed by atoms with E-state index in [4.69, 9.17) is 10.5 Å². The minimum Gasteiger partial charge on any atom is -0.294 e. The Bertz CT molecular complexity index is 757. The quantitative estimate of drug-likeness (QED) is 0.765. The molecular weight excluding hydrogens is 288 g/mol. The monoisotopic (exact) mass is 302 g/mol. The molecule has 0 aromatic heterocycles. The number of carbonyl (C=O) groups is 2. The molecule has 1 unspecified atom stereocenters. The predicted molar refractivity (Wildman–Crippen MR) is 84.4 cm³/mol. The van der Waals surface area contributed by atoms with E-state index in [1.807, 2.05) is 12.1 Å². The molecule has 2 aromatic carbocycles. The molecule has 2 rings (SSSR count). The summed E-state index contributed by atoms with van der Waals surface area (Å²) in [6.07, 6.45) is -0.163. The van der Waals surface area contributed by atoms with Gasteiger partial charge in [-0.3, -0.25) is 9.59 Å². The zero-order valence-electron chi connectivity index (χ0n) is 12.3. The summed E-state index contributed by atoms with van der Waals surface area (Å²) in [4.78, 5) is 25.0. The molecule has 2 aromatic rings. The molecule has 0 bridgehead atoms. The van der Waals surface area contributed by atoms with Crippen molar-refractivity contribution in [2.45, 2.75) is 6.42 Å². The summed E-state index contributed by atoms with van der Waals surface area (Å²) < 4.78 is 0. The zero-order chi connectivity index (χ0) is 16.7. The zero-order valence-corrected chi connectivity index (χ0v) is 12.3. The number of hydrogen-bond donors (Lipinski definition) is 0. The van der Waals surface area contributed by atoms with Gasteiger partial charge in [-0.25, -0.2) is 0 Å². The van der Waals surface area contributed by atoms with Crippen LogP contribution in [-0.4, -0.2) is 11.6 Å². The summed E-state index contributed by atoms with van der Waals surface area (Å²) in [6.45, 7) is 0. The van der Waals surface area contributed by atoms with Gasteiger partial charge in [-0.2, -0.15) is 10.5 Å². The third-order valence-corrected chi connectivity index (χ3v) is 3.58. The first kappa shape index (κ1) is 16.1. The highest BCUT2D eigenvalue weighted by Crippen LogP contribution is 2.23. The molecule has 0 saturated carbocycles. The molecule has 0 heterocycles. The first-order valence-corrected chi connectivity index (χ1v) is 7.14. The lowest BCUT2D eigenvalue weighted by molar-refractivity contribution is 0.0837. The molecule has 112 valence electrons. The molecular formula is C19H14N2O2. The Balaban J connectivity index is 2.29. The molecule has 4 nitrogen and oxygen atoms in total. The van der Waals surface area contributed by atoms with Crippen LogP contribution in [0.4, 0.5) is 0 Å². The molecule has 0 aliphatic rings. The molecule has 0 amide bonds. The molecule has 4 heteroatoms. The molecule has 0 aliphatic carbocycles. The van der Waals surface area contributed by atoms with Crippen LogP contribution in [0.15, 0.2) is 60.7 Å². The number of nitriles is 2. The largest absolute Gasteiger partial charge is 0.294 e. The van der Waals surface area contributed by atoms with Gasteiger partial charge >= 0.3 is 0 Å². The molecule has 0 fully saturated rings. The fourth-order valence-electron chi connectivity index (χ4n) is 2.33. The van der Waals surface area contributed by atoms with Gasteiger partial charge in [0.25, 0.3) is 0 Å². The van der Waals surface area contributed by atoms with E-state index in [-0.39, 0.29) is 18.0 Å². The normalized spacial score (nSPS) is 11.3. The average molecular weight is 302 g/mol. The maximum atomic E-state index is 12.6. The number of carbonyl (C=O) groups excluding carboxylic acids is 2. The number of benzene rings is 2. The van der Waals surface area contributed by atoms with Crippen molar-refractivity contribution in [3.63, 3.8) is 0 Å². The fourth-order valence-corrected chi connectivity index (χ4v) is 2.33. The van der Waals surface area contributed by atoms with Crippen molar-refractivity contribution in [3.8, 4) is 12.1 Å². The molecule has 0 N–H and O–H groups in total. The van der Waals surface area contributed by atoms with Crippen LogP contribution in [0.2, 0.25) is 0 Å². The smallest absolute Gasteiger partial charge is 0.168 e. The van der Waals surface area contributed by atoms with E-state index < -0.39 is 11.8 Å². The predicted octanol–water partition coefficient (Wildman–Crippen LogP) is 3.42. The topological polar surface area (TPSA) is 81.7 Å². The summed E-state index contributed by atoms with van der Waals surface area (Å²) >= 11 is 0. The lowest BCUT2D eigenvalue weighted by atomic mass is 9.82. The third kappa shape index (κ3) is 3.90. The molecule has 23 heavy (non-hydrogen) atoms. The van der Waals surface area contributed by atoms with Gasteiger partial charge in [-0.15, -0.1) is 0 Å². The molecule has 0 saturated heterocycles. The van der Waals surface area contributed by atoms with Crippen molar-refractivity contribution < 1.29 is 9.59 Å². The van der Waals surface area contributed by atoms with Crippen molar-refractivity contribution in [1.82, 2.24) is 0 Å². The minimum absolute atomic E-state index is 0.163. The summed E-state index contributed by atoms with van der Waals surface area (Å²) in [5.41, 5.74) is 0.863. The second-order valence-electron chi connectivity index (χ2n) is 5.07. The van der Waals surface area contributed by atoms with Gasteiger partial charge in [0, 0.05) is 17.5 Å². The summed E-state index contributed by atoms with van der Waals surface area (Å²) in [6, 6.07) is 20.6. The molecule has 0 radical (unpaired) electrons. The van der Waals surface area contributed by atoms with Crippen LogP contribution in [0.25, 0.3) is 0 Å². The lowest BCUT2D eigenvalue weighted by Crippen LogP contribution is -2.25. The van der Waals surface area contributed by atoms with Crippen molar-refractivity contribution in [2.75, 3.05) is 0 Å². The Morgan fingerprint density at radius 2 is 1.30 bits per heavy atom. The highest BCUT2D eigenvalue weighted by Gasteiger charge is 2.31. The molecule has 0 aliphatic heterocycles. The number of Topliss-reactive ketones (excluding diaryl/α,β-unsaturated/α-hetero) is 2. The van der Waals surface area contributed by atoms with Crippen LogP contribution in [0, 0.1) is 34.5 Å². The molecule has 1 atom stereocenters. The van der Waals surface area contributed by atoms with Crippen LogP contribution in [0.3, 0.4) is 0 Å². The minimum atomic E-state index is -1.16. The number of ketones is 2. The first-order valence-electron chi connectivity index (χ1n) is 7.14. The van der Waals surface area contributed by atoms with Gasteiger partial charge in [-0.1, -0.05) is 60.7 Å². The van der Waals surface area contributed by atoms with Crippen molar-refractivity contribution in [3.05, 3.63) is 71.8 Å². The van der Waals surface area contributed by atoms with E-state index in [1.54, 1.807) is 60.7 Å². The Morgan fingerprint density at radius 3 is 1.78 bits per heavy atom. The van der Waals surface area contributed by atoms with Crippen molar-refractivity contribution in [1.29, 1.82) is 10.5 Å². The average Bonchev–Trinajstić information content (AvgIpc) is 2.62. The second kappa shape index (κ2) is 7.68. The van der Waals surface area contributed by atoms with Crippen molar-refractivity contribution >= 4 is 11.6 Å².